The van der Waals surface area contributed by atoms with E-state index in [1.54, 1.807) is 0 Å². The van der Waals surface area contributed by atoms with Crippen LogP contribution in [-0.4, -0.2) is 9.55 Å². The number of benzene rings is 1. The van der Waals surface area contributed by atoms with Crippen LogP contribution in [0.4, 0.5) is 0 Å². The fraction of sp³-hybridized carbons (Fsp3) is 0.182. The highest BCUT2D eigenvalue weighted by Crippen LogP contribution is 2.19. The Morgan fingerprint density at radius 1 is 1.29 bits per heavy atom. The first-order chi connectivity index (χ1) is 6.68. The molecule has 0 aliphatic carbocycles. The van der Waals surface area contributed by atoms with E-state index in [1.165, 1.54) is 5.56 Å². The Labute approximate surface area is 91.7 Å². The second-order valence-electron chi connectivity index (χ2n) is 3.30. The second-order valence-corrected chi connectivity index (χ2v) is 4.12. The molecule has 0 saturated carbocycles. The van der Waals surface area contributed by atoms with Gasteiger partial charge in [-0.3, -0.25) is 4.57 Å². The van der Waals surface area contributed by atoms with E-state index in [9.17, 15) is 0 Å². The summed E-state index contributed by atoms with van der Waals surface area (Å²) in [7, 11) is 0. The summed E-state index contributed by atoms with van der Waals surface area (Å²) in [6.07, 6.45) is 1.82. The quantitative estimate of drug-likeness (QED) is 0.760. The summed E-state index contributed by atoms with van der Waals surface area (Å²) < 4.78 is 3.06. The lowest BCUT2D eigenvalue weighted by molar-refractivity contribution is 0.955. The molecule has 0 radical (unpaired) electrons. The van der Waals surface area contributed by atoms with Crippen LogP contribution >= 0.6 is 15.9 Å². The molecule has 0 amide bonds. The van der Waals surface area contributed by atoms with Crippen molar-refractivity contribution in [1.29, 1.82) is 0 Å². The Kier molecular flexibility index (Phi) is 2.42. The molecule has 1 aromatic carbocycles. The van der Waals surface area contributed by atoms with E-state index in [2.05, 4.69) is 56.7 Å². The molecule has 0 fully saturated rings. The zero-order chi connectivity index (χ0) is 10.1. The smallest absolute Gasteiger partial charge is 0.110 e. The fourth-order valence-electron chi connectivity index (χ4n) is 1.49. The van der Waals surface area contributed by atoms with Crippen molar-refractivity contribution in [2.24, 2.45) is 0 Å². The van der Waals surface area contributed by atoms with Gasteiger partial charge in [0.05, 0.1) is 6.20 Å². The molecule has 0 atom stereocenters. The molecule has 0 N–H and O–H groups in total. The van der Waals surface area contributed by atoms with E-state index in [-0.39, 0.29) is 0 Å². The first-order valence-electron chi connectivity index (χ1n) is 4.45. The molecule has 2 nitrogen and oxygen atoms in total. The predicted octanol–water partition coefficient (Wildman–Crippen LogP) is 3.25. The number of hydrogen-bond acceptors (Lipinski definition) is 1. The Bertz CT molecular complexity index is 441. The average Bonchev–Trinajstić information content (AvgIpc) is 2.46. The minimum atomic E-state index is 0.987. The monoisotopic (exact) mass is 250 g/mol. The first kappa shape index (κ1) is 9.46. The van der Waals surface area contributed by atoms with E-state index in [0.29, 0.717) is 0 Å². The van der Waals surface area contributed by atoms with Gasteiger partial charge in [0.15, 0.2) is 0 Å². The maximum atomic E-state index is 4.24. The molecule has 2 aromatic rings. The summed E-state index contributed by atoms with van der Waals surface area (Å²) in [5.41, 5.74) is 2.40. The summed E-state index contributed by atoms with van der Waals surface area (Å²) >= 11 is 3.48. The van der Waals surface area contributed by atoms with E-state index in [0.717, 1.165) is 16.1 Å². The van der Waals surface area contributed by atoms with Crippen molar-refractivity contribution in [1.82, 2.24) is 9.55 Å². The summed E-state index contributed by atoms with van der Waals surface area (Å²) in [4.78, 5) is 4.24. The van der Waals surface area contributed by atoms with Crippen LogP contribution in [-0.2, 0) is 0 Å². The van der Waals surface area contributed by atoms with Gasteiger partial charge in [-0.15, -0.1) is 0 Å². The molecule has 0 aliphatic rings. The number of rotatable bonds is 1. The van der Waals surface area contributed by atoms with Gasteiger partial charge in [0, 0.05) is 5.69 Å². The van der Waals surface area contributed by atoms with Gasteiger partial charge in [0.1, 0.15) is 10.4 Å². The van der Waals surface area contributed by atoms with Gasteiger partial charge < -0.3 is 0 Å². The van der Waals surface area contributed by atoms with Gasteiger partial charge in [-0.2, -0.15) is 0 Å². The summed E-state index contributed by atoms with van der Waals surface area (Å²) in [6.45, 7) is 4.08. The zero-order valence-corrected chi connectivity index (χ0v) is 9.75. The molecule has 2 rings (SSSR count). The van der Waals surface area contributed by atoms with Crippen LogP contribution in [0.5, 0.6) is 0 Å². The maximum Gasteiger partial charge on any atom is 0.110 e. The molecular weight excluding hydrogens is 240 g/mol. The molecule has 0 unspecified atom stereocenters. The van der Waals surface area contributed by atoms with Crippen molar-refractivity contribution in [3.63, 3.8) is 0 Å². The van der Waals surface area contributed by atoms with Crippen LogP contribution in [0.25, 0.3) is 5.69 Å². The van der Waals surface area contributed by atoms with Crippen molar-refractivity contribution in [2.75, 3.05) is 0 Å². The number of nitrogens with zero attached hydrogens (tertiary/aromatic N) is 2. The minimum Gasteiger partial charge on any atom is -0.291 e. The molecule has 3 heteroatoms. The van der Waals surface area contributed by atoms with Crippen molar-refractivity contribution in [2.45, 2.75) is 13.8 Å². The Hall–Kier alpha value is -1.09. The first-order valence-corrected chi connectivity index (χ1v) is 5.24. The van der Waals surface area contributed by atoms with Crippen molar-refractivity contribution in [3.8, 4) is 5.69 Å². The number of hydrogen-bond donors (Lipinski definition) is 0. The third-order valence-corrected chi connectivity index (χ3v) is 2.71. The van der Waals surface area contributed by atoms with Crippen molar-refractivity contribution in [3.05, 3.63) is 46.5 Å². The summed E-state index contributed by atoms with van der Waals surface area (Å²) in [6, 6.07) is 8.35. The largest absolute Gasteiger partial charge is 0.291 e. The SMILES string of the molecule is Cc1cccc(-n2c(Br)cnc2C)c1. The zero-order valence-electron chi connectivity index (χ0n) is 8.16. The second kappa shape index (κ2) is 3.58. The van der Waals surface area contributed by atoms with Gasteiger partial charge in [0.2, 0.25) is 0 Å². The average molecular weight is 251 g/mol. The summed E-state index contributed by atoms with van der Waals surface area (Å²) in [5.74, 6) is 0.988. The van der Waals surface area contributed by atoms with Gasteiger partial charge >= 0.3 is 0 Å². The van der Waals surface area contributed by atoms with Crippen molar-refractivity contribution >= 4 is 15.9 Å². The van der Waals surface area contributed by atoms with Gasteiger partial charge in [-0.1, -0.05) is 12.1 Å². The topological polar surface area (TPSA) is 17.8 Å². The lowest BCUT2D eigenvalue weighted by atomic mass is 10.2. The molecule has 1 heterocycles. The Morgan fingerprint density at radius 3 is 2.64 bits per heavy atom. The Balaban J connectivity index is 2.59. The maximum absolute atomic E-state index is 4.24. The normalized spacial score (nSPS) is 10.5. The molecule has 72 valence electrons. The molecule has 0 saturated heterocycles. The number of aryl methyl sites for hydroxylation is 2. The third-order valence-electron chi connectivity index (χ3n) is 2.15. The predicted molar refractivity (Wildman–Crippen MR) is 60.7 cm³/mol. The van der Waals surface area contributed by atoms with E-state index >= 15 is 0 Å². The molecular formula is C11H11BrN2. The number of imidazole rings is 1. The molecule has 14 heavy (non-hydrogen) atoms. The lowest BCUT2D eigenvalue weighted by Crippen LogP contribution is -1.97. The van der Waals surface area contributed by atoms with Crippen molar-refractivity contribution < 1.29 is 0 Å². The highest BCUT2D eigenvalue weighted by molar-refractivity contribution is 9.10. The standard InChI is InChI=1S/C11H11BrN2/c1-8-4-3-5-10(6-8)14-9(2)13-7-11(14)12/h3-7H,1-2H3. The molecule has 0 spiro atoms. The highest BCUT2D eigenvalue weighted by atomic mass is 79.9. The lowest BCUT2D eigenvalue weighted by Gasteiger charge is -2.07. The van der Waals surface area contributed by atoms with Gasteiger partial charge in [-0.05, 0) is 47.5 Å². The third kappa shape index (κ3) is 1.60. The molecule has 1 aromatic heterocycles. The minimum absolute atomic E-state index is 0.987. The van der Waals surface area contributed by atoms with Gasteiger partial charge in [-0.25, -0.2) is 4.98 Å². The van der Waals surface area contributed by atoms with E-state index < -0.39 is 0 Å². The van der Waals surface area contributed by atoms with Crippen LogP contribution in [0.2, 0.25) is 0 Å². The van der Waals surface area contributed by atoms with Gasteiger partial charge in [0.25, 0.3) is 0 Å². The number of aromatic nitrogens is 2. The fourth-order valence-corrected chi connectivity index (χ4v) is 2.06. The summed E-state index contributed by atoms with van der Waals surface area (Å²) in [5, 5.41) is 0. The van der Waals surface area contributed by atoms with Crippen LogP contribution in [0.15, 0.2) is 35.1 Å². The van der Waals surface area contributed by atoms with E-state index in [1.807, 2.05) is 13.1 Å². The Morgan fingerprint density at radius 2 is 2.07 bits per heavy atom. The van der Waals surface area contributed by atoms with Crippen LogP contribution < -0.4 is 0 Å². The highest BCUT2D eigenvalue weighted by Gasteiger charge is 2.05. The van der Waals surface area contributed by atoms with E-state index in [4.69, 9.17) is 0 Å². The molecule has 0 aliphatic heterocycles. The molecule has 0 bridgehead atoms. The van der Waals surface area contributed by atoms with Crippen LogP contribution in [0.3, 0.4) is 0 Å². The number of halogens is 1. The van der Waals surface area contributed by atoms with Crippen LogP contribution in [0, 0.1) is 13.8 Å². The van der Waals surface area contributed by atoms with Crippen LogP contribution in [0.1, 0.15) is 11.4 Å².